The first-order valence-electron chi connectivity index (χ1n) is 9.69. The number of ether oxygens (including phenoxy) is 2. The zero-order valence-electron chi connectivity index (χ0n) is 17.2. The topological polar surface area (TPSA) is 100 Å². The number of hydrogen-bond donors (Lipinski definition) is 0. The fourth-order valence-corrected chi connectivity index (χ4v) is 3.89. The van der Waals surface area contributed by atoms with Crippen LogP contribution in [0.4, 0.5) is 5.69 Å². The van der Waals surface area contributed by atoms with Crippen LogP contribution in [0.25, 0.3) is 0 Å². The molecule has 3 aromatic rings. The van der Waals surface area contributed by atoms with Crippen LogP contribution < -0.4 is 9.47 Å². The van der Waals surface area contributed by atoms with Gasteiger partial charge in [-0.2, -0.15) is 0 Å². The van der Waals surface area contributed by atoms with Crippen molar-refractivity contribution in [1.29, 1.82) is 0 Å². The third-order valence-electron chi connectivity index (χ3n) is 4.99. The zero-order valence-corrected chi connectivity index (χ0v) is 18.7. The van der Waals surface area contributed by atoms with Gasteiger partial charge in [-0.3, -0.25) is 10.1 Å². The number of esters is 1. The smallest absolute Gasteiger partial charge is 0.350 e. The molecule has 33 heavy (non-hydrogen) atoms. The van der Waals surface area contributed by atoms with E-state index in [-0.39, 0.29) is 22.7 Å². The number of nitrogens with zero attached hydrogens (tertiary/aromatic N) is 2. The van der Waals surface area contributed by atoms with Crippen LogP contribution in [0, 0.1) is 10.1 Å². The molecule has 0 radical (unpaired) electrons. The standard InChI is InChI=1S/C23H16Cl2N2O6/c1-31-22-10-13(21-12-18(26-33-21)15-8-7-14(24)11-17(15)25)6-9-20(22)32-23(28)16-4-2-3-5-19(16)27(29)30/h2-11,21H,12H2,1H3. The summed E-state index contributed by atoms with van der Waals surface area (Å²) < 4.78 is 10.7. The molecule has 4 rings (SSSR count). The Morgan fingerprint density at radius 3 is 2.64 bits per heavy atom. The molecule has 0 spiro atoms. The number of carbonyl (C=O) groups excluding carboxylic acids is 1. The highest BCUT2D eigenvalue weighted by Gasteiger charge is 2.27. The van der Waals surface area contributed by atoms with E-state index in [2.05, 4.69) is 5.16 Å². The number of oxime groups is 1. The number of halogens is 2. The summed E-state index contributed by atoms with van der Waals surface area (Å²) in [4.78, 5) is 28.7. The number of para-hydroxylation sites is 1. The molecule has 0 N–H and O–H groups in total. The lowest BCUT2D eigenvalue weighted by Crippen LogP contribution is -2.12. The van der Waals surface area contributed by atoms with E-state index in [1.165, 1.54) is 37.4 Å². The predicted molar refractivity (Wildman–Crippen MR) is 122 cm³/mol. The van der Waals surface area contributed by atoms with Crippen molar-refractivity contribution in [2.45, 2.75) is 12.5 Å². The largest absolute Gasteiger partial charge is 0.493 e. The molecule has 1 atom stereocenters. The van der Waals surface area contributed by atoms with E-state index >= 15 is 0 Å². The summed E-state index contributed by atoms with van der Waals surface area (Å²) in [6.45, 7) is 0. The van der Waals surface area contributed by atoms with Crippen LogP contribution in [0.15, 0.2) is 65.8 Å². The zero-order chi connectivity index (χ0) is 23.5. The molecule has 168 valence electrons. The van der Waals surface area contributed by atoms with Gasteiger partial charge >= 0.3 is 5.97 Å². The summed E-state index contributed by atoms with van der Waals surface area (Å²) in [7, 11) is 1.42. The van der Waals surface area contributed by atoms with E-state index in [4.69, 9.17) is 37.5 Å². The van der Waals surface area contributed by atoms with Crippen molar-refractivity contribution in [2.75, 3.05) is 7.11 Å². The molecule has 0 amide bonds. The maximum atomic E-state index is 12.6. The minimum atomic E-state index is -0.867. The van der Waals surface area contributed by atoms with Crippen LogP contribution in [0.3, 0.4) is 0 Å². The van der Waals surface area contributed by atoms with Gasteiger partial charge in [-0.05, 0) is 35.9 Å². The first kappa shape index (κ1) is 22.6. The Balaban J connectivity index is 1.52. The fraction of sp³-hybridized carbons (Fsp3) is 0.130. The molecule has 1 aliphatic rings. The first-order chi connectivity index (χ1) is 15.9. The Labute approximate surface area is 198 Å². The molecule has 0 bridgehead atoms. The van der Waals surface area contributed by atoms with Gasteiger partial charge in [0, 0.05) is 23.1 Å². The first-order valence-corrected chi connectivity index (χ1v) is 10.4. The molecule has 1 heterocycles. The van der Waals surface area contributed by atoms with Gasteiger partial charge in [0.1, 0.15) is 5.56 Å². The molecule has 0 saturated heterocycles. The summed E-state index contributed by atoms with van der Waals surface area (Å²) in [5, 5.41) is 16.3. The average Bonchev–Trinajstić information content (AvgIpc) is 3.29. The number of benzene rings is 3. The normalized spacial score (nSPS) is 14.9. The minimum Gasteiger partial charge on any atom is -0.493 e. The summed E-state index contributed by atoms with van der Waals surface area (Å²) in [5.74, 6) is -0.487. The van der Waals surface area contributed by atoms with Crippen LogP contribution in [-0.2, 0) is 4.84 Å². The minimum absolute atomic E-state index is 0.115. The quantitative estimate of drug-likeness (QED) is 0.183. The van der Waals surface area contributed by atoms with E-state index < -0.39 is 17.0 Å². The number of carbonyl (C=O) groups is 1. The third-order valence-corrected chi connectivity index (χ3v) is 5.54. The molecule has 0 aliphatic carbocycles. The maximum absolute atomic E-state index is 12.6. The van der Waals surface area contributed by atoms with Crippen LogP contribution in [0.5, 0.6) is 11.5 Å². The lowest BCUT2D eigenvalue weighted by molar-refractivity contribution is -0.385. The van der Waals surface area contributed by atoms with Crippen LogP contribution in [0.2, 0.25) is 10.0 Å². The molecule has 8 nitrogen and oxygen atoms in total. The van der Waals surface area contributed by atoms with Gasteiger partial charge in [0.05, 0.1) is 22.8 Å². The summed E-state index contributed by atoms with van der Waals surface area (Å²) >= 11 is 12.2. The molecule has 0 aromatic heterocycles. The second-order valence-electron chi connectivity index (χ2n) is 7.03. The van der Waals surface area contributed by atoms with E-state index in [0.717, 1.165) is 11.1 Å². The number of nitro benzene ring substituents is 1. The highest BCUT2D eigenvalue weighted by Crippen LogP contribution is 2.37. The number of methoxy groups -OCH3 is 1. The molecular weight excluding hydrogens is 471 g/mol. The summed E-state index contributed by atoms with van der Waals surface area (Å²) in [6.07, 6.45) is 0.0560. The molecule has 3 aromatic carbocycles. The van der Waals surface area contributed by atoms with Crippen LogP contribution in [-0.4, -0.2) is 23.7 Å². The number of rotatable bonds is 6. The van der Waals surface area contributed by atoms with Crippen molar-refractivity contribution in [1.82, 2.24) is 0 Å². The molecule has 0 saturated carbocycles. The number of hydrogen-bond acceptors (Lipinski definition) is 7. The lowest BCUT2D eigenvalue weighted by atomic mass is 10.00. The van der Waals surface area contributed by atoms with Gasteiger partial charge in [-0.15, -0.1) is 0 Å². The Hall–Kier alpha value is -3.62. The summed E-state index contributed by atoms with van der Waals surface area (Å²) in [5.41, 5.74) is 1.63. The van der Waals surface area contributed by atoms with Gasteiger partial charge < -0.3 is 14.3 Å². The van der Waals surface area contributed by atoms with E-state index in [1.807, 2.05) is 0 Å². The van der Waals surface area contributed by atoms with Gasteiger partial charge in [-0.25, -0.2) is 4.79 Å². The molecule has 1 unspecified atom stereocenters. The maximum Gasteiger partial charge on any atom is 0.350 e. The SMILES string of the molecule is COc1cc(C2CC(c3ccc(Cl)cc3Cl)=NO2)ccc1OC(=O)c1ccccc1[N+](=O)[O-]. The second-order valence-corrected chi connectivity index (χ2v) is 7.88. The Morgan fingerprint density at radius 2 is 1.91 bits per heavy atom. The Kier molecular flexibility index (Phi) is 6.48. The average molecular weight is 487 g/mol. The van der Waals surface area contributed by atoms with Crippen LogP contribution >= 0.6 is 23.2 Å². The fourth-order valence-electron chi connectivity index (χ4n) is 3.37. The van der Waals surface area contributed by atoms with Gasteiger partial charge in [0.2, 0.25) is 0 Å². The van der Waals surface area contributed by atoms with Crippen molar-refractivity contribution in [3.63, 3.8) is 0 Å². The van der Waals surface area contributed by atoms with Crippen molar-refractivity contribution in [3.05, 3.63) is 97.5 Å². The summed E-state index contributed by atoms with van der Waals surface area (Å²) in [6, 6.07) is 15.6. The third kappa shape index (κ3) is 4.76. The molecule has 0 fully saturated rings. The Morgan fingerprint density at radius 1 is 1.12 bits per heavy atom. The van der Waals surface area contributed by atoms with Crippen molar-refractivity contribution < 1.29 is 24.0 Å². The highest BCUT2D eigenvalue weighted by molar-refractivity contribution is 6.37. The van der Waals surface area contributed by atoms with Crippen molar-refractivity contribution >= 4 is 40.6 Å². The van der Waals surface area contributed by atoms with Crippen LogP contribution in [0.1, 0.15) is 34.0 Å². The van der Waals surface area contributed by atoms with Crippen molar-refractivity contribution in [2.24, 2.45) is 5.16 Å². The second kappa shape index (κ2) is 9.48. The number of nitro groups is 1. The molecule has 1 aliphatic heterocycles. The van der Waals surface area contributed by atoms with Gasteiger partial charge in [0.25, 0.3) is 5.69 Å². The highest BCUT2D eigenvalue weighted by atomic mass is 35.5. The van der Waals surface area contributed by atoms with Gasteiger partial charge in [-0.1, -0.05) is 52.6 Å². The lowest BCUT2D eigenvalue weighted by Gasteiger charge is -2.14. The monoisotopic (exact) mass is 486 g/mol. The van der Waals surface area contributed by atoms with Gasteiger partial charge in [0.15, 0.2) is 17.6 Å². The van der Waals surface area contributed by atoms with E-state index in [0.29, 0.717) is 22.2 Å². The van der Waals surface area contributed by atoms with Crippen molar-refractivity contribution in [3.8, 4) is 11.5 Å². The van der Waals surface area contributed by atoms with E-state index in [9.17, 15) is 14.9 Å². The van der Waals surface area contributed by atoms with E-state index in [1.54, 1.807) is 30.3 Å². The molecular formula is C23H16Cl2N2O6. The molecule has 10 heteroatoms. The Bertz CT molecular complexity index is 1280. The predicted octanol–water partition coefficient (Wildman–Crippen LogP) is 6.00.